The maximum atomic E-state index is 11.9. The van der Waals surface area contributed by atoms with Crippen molar-refractivity contribution in [3.63, 3.8) is 0 Å². The molecule has 0 spiro atoms. The molecule has 1 rings (SSSR count). The summed E-state index contributed by atoms with van der Waals surface area (Å²) >= 11 is 10.7. The van der Waals surface area contributed by atoms with Crippen LogP contribution in [-0.2, 0) is 0 Å². The van der Waals surface area contributed by atoms with Gasteiger partial charge >= 0.3 is 0 Å². The fourth-order valence-corrected chi connectivity index (χ4v) is 0.940. The van der Waals surface area contributed by atoms with Crippen molar-refractivity contribution in [2.45, 2.75) is 6.43 Å². The molecule has 60 valence electrons. The van der Waals surface area contributed by atoms with Crippen LogP contribution < -0.4 is 0 Å². The molecule has 0 fully saturated rings. The van der Waals surface area contributed by atoms with E-state index in [1.165, 1.54) is 6.07 Å². The lowest BCUT2D eigenvalue weighted by atomic mass is 10.6. The van der Waals surface area contributed by atoms with E-state index in [2.05, 4.69) is 9.97 Å². The second-order valence-corrected chi connectivity index (χ2v) is 2.45. The summed E-state index contributed by atoms with van der Waals surface area (Å²) in [6.07, 6.45) is -2.74. The molecule has 0 bridgehead atoms. The van der Waals surface area contributed by atoms with Crippen LogP contribution in [0.3, 0.4) is 0 Å². The minimum absolute atomic E-state index is 0.0831. The van der Waals surface area contributed by atoms with Gasteiger partial charge in [0.1, 0.15) is 10.3 Å². The highest BCUT2D eigenvalue weighted by Gasteiger charge is 2.11. The van der Waals surface area contributed by atoms with Crippen LogP contribution in [0.1, 0.15) is 12.2 Å². The number of hydrogen-bond donors (Lipinski definition) is 0. The number of alkyl halides is 2. The van der Waals surface area contributed by atoms with Crippen LogP contribution in [0.4, 0.5) is 8.78 Å². The molecule has 2 nitrogen and oxygen atoms in total. The molecule has 11 heavy (non-hydrogen) atoms. The van der Waals surface area contributed by atoms with E-state index in [0.29, 0.717) is 0 Å². The van der Waals surface area contributed by atoms with Crippen LogP contribution in [0.15, 0.2) is 6.07 Å². The summed E-state index contributed by atoms with van der Waals surface area (Å²) in [5.74, 6) is -0.650. The van der Waals surface area contributed by atoms with Gasteiger partial charge in [0.2, 0.25) is 0 Å². The van der Waals surface area contributed by atoms with Gasteiger partial charge in [0.25, 0.3) is 6.43 Å². The Balaban J connectivity index is 3.08. The highest BCUT2D eigenvalue weighted by Crippen LogP contribution is 2.19. The minimum atomic E-state index is -2.74. The third-order valence-electron chi connectivity index (χ3n) is 0.876. The summed E-state index contributed by atoms with van der Waals surface area (Å²) in [7, 11) is 0. The zero-order valence-electron chi connectivity index (χ0n) is 5.06. The predicted octanol–water partition coefficient (Wildman–Crippen LogP) is 2.72. The molecule has 1 heterocycles. The van der Waals surface area contributed by atoms with Crippen LogP contribution in [-0.4, -0.2) is 9.97 Å². The van der Waals surface area contributed by atoms with Crippen LogP contribution in [0.5, 0.6) is 0 Å². The van der Waals surface area contributed by atoms with Crippen molar-refractivity contribution in [3.8, 4) is 0 Å². The third-order valence-corrected chi connectivity index (χ3v) is 1.26. The molecule has 0 saturated carbocycles. The van der Waals surface area contributed by atoms with Gasteiger partial charge in [-0.25, -0.2) is 18.7 Å². The van der Waals surface area contributed by atoms with Crippen LogP contribution in [0.25, 0.3) is 0 Å². The number of halogens is 4. The van der Waals surface area contributed by atoms with Crippen molar-refractivity contribution in [1.82, 2.24) is 9.97 Å². The Kier molecular flexibility index (Phi) is 2.57. The normalized spacial score (nSPS) is 10.6. The molecule has 0 saturated heterocycles. The van der Waals surface area contributed by atoms with Crippen molar-refractivity contribution < 1.29 is 8.78 Å². The number of nitrogens with zero attached hydrogens (tertiary/aromatic N) is 2. The first kappa shape index (κ1) is 8.62. The monoisotopic (exact) mass is 198 g/mol. The molecule has 0 N–H and O–H groups in total. The van der Waals surface area contributed by atoms with Crippen molar-refractivity contribution in [3.05, 3.63) is 22.2 Å². The van der Waals surface area contributed by atoms with E-state index in [1.54, 1.807) is 0 Å². The standard InChI is InChI=1S/C5H2Cl2F2N2/c6-2-1-3(7)11-5(10-2)4(8)9/h1,4H. The summed E-state index contributed by atoms with van der Waals surface area (Å²) < 4.78 is 23.8. The zero-order valence-corrected chi connectivity index (χ0v) is 6.57. The topological polar surface area (TPSA) is 25.8 Å². The van der Waals surface area contributed by atoms with Gasteiger partial charge in [0.05, 0.1) is 0 Å². The van der Waals surface area contributed by atoms with Gasteiger partial charge in [-0.05, 0) is 0 Å². The van der Waals surface area contributed by atoms with Crippen molar-refractivity contribution in [2.75, 3.05) is 0 Å². The van der Waals surface area contributed by atoms with Crippen LogP contribution in [0, 0.1) is 0 Å². The summed E-state index contributed by atoms with van der Waals surface area (Å²) in [4.78, 5) is 6.51. The number of rotatable bonds is 1. The summed E-state index contributed by atoms with van der Waals surface area (Å²) in [6, 6.07) is 1.19. The lowest BCUT2D eigenvalue weighted by molar-refractivity contribution is 0.140. The van der Waals surface area contributed by atoms with Crippen LogP contribution in [0.2, 0.25) is 10.3 Å². The maximum Gasteiger partial charge on any atom is 0.297 e. The Morgan fingerprint density at radius 1 is 1.18 bits per heavy atom. The molecule has 0 atom stereocenters. The van der Waals surface area contributed by atoms with E-state index < -0.39 is 12.2 Å². The minimum Gasteiger partial charge on any atom is -0.215 e. The van der Waals surface area contributed by atoms with Gasteiger partial charge in [-0.1, -0.05) is 23.2 Å². The zero-order chi connectivity index (χ0) is 8.43. The first-order chi connectivity index (χ1) is 5.09. The molecular weight excluding hydrogens is 197 g/mol. The molecule has 0 aliphatic rings. The molecule has 0 aliphatic carbocycles. The van der Waals surface area contributed by atoms with E-state index in [1.807, 2.05) is 0 Å². The first-order valence-electron chi connectivity index (χ1n) is 2.57. The number of aromatic nitrogens is 2. The van der Waals surface area contributed by atoms with Crippen molar-refractivity contribution in [1.29, 1.82) is 0 Å². The molecule has 0 aliphatic heterocycles. The van der Waals surface area contributed by atoms with E-state index in [9.17, 15) is 8.78 Å². The van der Waals surface area contributed by atoms with E-state index in [4.69, 9.17) is 23.2 Å². The smallest absolute Gasteiger partial charge is 0.215 e. The Morgan fingerprint density at radius 3 is 2.00 bits per heavy atom. The Bertz CT molecular complexity index is 246. The largest absolute Gasteiger partial charge is 0.297 e. The molecule has 1 aromatic rings. The fourth-order valence-electron chi connectivity index (χ4n) is 0.504. The molecule has 0 aromatic carbocycles. The molecule has 1 aromatic heterocycles. The van der Waals surface area contributed by atoms with Gasteiger partial charge in [-0.15, -0.1) is 0 Å². The molecular formula is C5H2Cl2F2N2. The molecule has 0 radical (unpaired) electrons. The fraction of sp³-hybridized carbons (Fsp3) is 0.200. The maximum absolute atomic E-state index is 11.9. The highest BCUT2D eigenvalue weighted by molar-refractivity contribution is 6.33. The average Bonchev–Trinajstić information content (AvgIpc) is 1.85. The molecule has 0 amide bonds. The van der Waals surface area contributed by atoms with Gasteiger partial charge < -0.3 is 0 Å². The van der Waals surface area contributed by atoms with E-state index in [-0.39, 0.29) is 10.3 Å². The van der Waals surface area contributed by atoms with Crippen LogP contribution >= 0.6 is 23.2 Å². The Morgan fingerprint density at radius 2 is 1.64 bits per heavy atom. The Labute approximate surface area is 71.2 Å². The lowest BCUT2D eigenvalue weighted by Gasteiger charge is -1.97. The Hall–Kier alpha value is -0.480. The predicted molar refractivity (Wildman–Crippen MR) is 37.0 cm³/mol. The average molecular weight is 199 g/mol. The SMILES string of the molecule is FC(F)c1nc(Cl)cc(Cl)n1. The quantitative estimate of drug-likeness (QED) is 0.649. The summed E-state index contributed by atoms with van der Waals surface area (Å²) in [6.45, 7) is 0. The molecule has 0 unspecified atom stereocenters. The molecule has 6 heteroatoms. The van der Waals surface area contributed by atoms with Gasteiger partial charge in [0, 0.05) is 6.07 Å². The van der Waals surface area contributed by atoms with Gasteiger partial charge in [0.15, 0.2) is 5.82 Å². The van der Waals surface area contributed by atoms with E-state index in [0.717, 1.165) is 0 Å². The highest BCUT2D eigenvalue weighted by atomic mass is 35.5. The summed E-state index contributed by atoms with van der Waals surface area (Å²) in [5, 5.41) is -0.166. The number of hydrogen-bond acceptors (Lipinski definition) is 2. The second-order valence-electron chi connectivity index (χ2n) is 1.67. The lowest BCUT2D eigenvalue weighted by Crippen LogP contribution is -1.94. The first-order valence-corrected chi connectivity index (χ1v) is 3.33. The third kappa shape index (κ3) is 2.24. The van der Waals surface area contributed by atoms with Crippen molar-refractivity contribution >= 4 is 23.2 Å². The van der Waals surface area contributed by atoms with Gasteiger partial charge in [-0.2, -0.15) is 0 Å². The second kappa shape index (κ2) is 3.28. The van der Waals surface area contributed by atoms with E-state index >= 15 is 0 Å². The van der Waals surface area contributed by atoms with Gasteiger partial charge in [-0.3, -0.25) is 0 Å². The summed E-state index contributed by atoms with van der Waals surface area (Å²) in [5.41, 5.74) is 0. The van der Waals surface area contributed by atoms with Crippen molar-refractivity contribution in [2.24, 2.45) is 0 Å².